The van der Waals surface area contributed by atoms with Crippen molar-refractivity contribution in [1.82, 2.24) is 14.7 Å². The fraction of sp³-hybridized carbons (Fsp3) is 0.500. The number of nitrogens with one attached hydrogen (secondary N) is 1. The Labute approximate surface area is 119 Å². The second kappa shape index (κ2) is 5.39. The molecule has 0 radical (unpaired) electrons. The molecule has 1 aliphatic rings. The summed E-state index contributed by atoms with van der Waals surface area (Å²) in [4.78, 5) is 19.2. The van der Waals surface area contributed by atoms with Crippen LogP contribution < -0.4 is 10.2 Å². The fourth-order valence-corrected chi connectivity index (χ4v) is 3.17. The summed E-state index contributed by atoms with van der Waals surface area (Å²) >= 11 is 1.50. The summed E-state index contributed by atoms with van der Waals surface area (Å²) in [5.41, 5.74) is 0.706. The standard InChI is InChI=1S/C12H16N4O3S/c1-13-11(18)9-7-19-4-2-15(9)10-8(6-17)16-3-5-20-12(16)14-10/h3,5,9,17H,2,4,6-7H2,1H3,(H,13,18). The van der Waals surface area contributed by atoms with Gasteiger partial charge in [0.05, 0.1) is 25.5 Å². The van der Waals surface area contributed by atoms with Gasteiger partial charge >= 0.3 is 0 Å². The molecule has 0 aromatic carbocycles. The summed E-state index contributed by atoms with van der Waals surface area (Å²) < 4.78 is 7.25. The number of carbonyl (C=O) groups excluding carboxylic acids is 1. The number of aromatic nitrogens is 2. The van der Waals surface area contributed by atoms with Crippen LogP contribution in [0.15, 0.2) is 11.6 Å². The molecule has 0 bridgehead atoms. The minimum atomic E-state index is -0.413. The van der Waals surface area contributed by atoms with Crippen molar-refractivity contribution in [2.45, 2.75) is 12.6 Å². The zero-order chi connectivity index (χ0) is 14.1. The van der Waals surface area contributed by atoms with E-state index in [9.17, 15) is 9.90 Å². The summed E-state index contributed by atoms with van der Waals surface area (Å²) in [6, 6.07) is -0.413. The van der Waals surface area contributed by atoms with E-state index in [0.29, 0.717) is 31.3 Å². The topological polar surface area (TPSA) is 79.1 Å². The van der Waals surface area contributed by atoms with Gasteiger partial charge in [-0.15, -0.1) is 11.3 Å². The Morgan fingerprint density at radius 1 is 1.70 bits per heavy atom. The van der Waals surface area contributed by atoms with Crippen molar-refractivity contribution < 1.29 is 14.6 Å². The first kappa shape index (κ1) is 13.3. The predicted molar refractivity (Wildman–Crippen MR) is 75.0 cm³/mol. The van der Waals surface area contributed by atoms with Crippen LogP contribution in [-0.4, -0.2) is 53.2 Å². The van der Waals surface area contributed by atoms with Gasteiger partial charge in [-0.25, -0.2) is 4.98 Å². The molecule has 108 valence electrons. The van der Waals surface area contributed by atoms with Gasteiger partial charge in [0, 0.05) is 25.2 Å². The van der Waals surface area contributed by atoms with Gasteiger partial charge in [0.1, 0.15) is 6.04 Å². The molecule has 7 nitrogen and oxygen atoms in total. The largest absolute Gasteiger partial charge is 0.390 e. The molecule has 1 unspecified atom stereocenters. The molecular formula is C12H16N4O3S. The predicted octanol–water partition coefficient (Wildman–Crippen LogP) is -0.161. The molecule has 0 spiro atoms. The molecule has 8 heteroatoms. The number of rotatable bonds is 3. The van der Waals surface area contributed by atoms with E-state index in [2.05, 4.69) is 10.3 Å². The lowest BCUT2D eigenvalue weighted by Crippen LogP contribution is -2.53. The molecule has 0 saturated carbocycles. The third kappa shape index (κ3) is 2.05. The number of hydrogen-bond acceptors (Lipinski definition) is 6. The van der Waals surface area contributed by atoms with E-state index in [1.54, 1.807) is 7.05 Å². The lowest BCUT2D eigenvalue weighted by molar-refractivity contribution is -0.124. The van der Waals surface area contributed by atoms with E-state index in [0.717, 1.165) is 4.96 Å². The smallest absolute Gasteiger partial charge is 0.244 e. The molecule has 3 rings (SSSR count). The van der Waals surface area contributed by atoms with Gasteiger partial charge < -0.3 is 20.1 Å². The van der Waals surface area contributed by atoms with Gasteiger partial charge in [-0.05, 0) is 0 Å². The van der Waals surface area contributed by atoms with Gasteiger partial charge in [0.15, 0.2) is 10.8 Å². The number of fused-ring (bicyclic) bond motifs is 1. The van der Waals surface area contributed by atoms with Crippen LogP contribution in [0.5, 0.6) is 0 Å². The van der Waals surface area contributed by atoms with Crippen LogP contribution in [0.3, 0.4) is 0 Å². The zero-order valence-electron chi connectivity index (χ0n) is 11.1. The molecule has 20 heavy (non-hydrogen) atoms. The molecule has 1 saturated heterocycles. The maximum atomic E-state index is 12.0. The van der Waals surface area contributed by atoms with Crippen LogP contribution in [0.1, 0.15) is 5.69 Å². The number of anilines is 1. The van der Waals surface area contributed by atoms with Gasteiger partial charge in [-0.3, -0.25) is 9.20 Å². The average molecular weight is 296 g/mol. The normalized spacial score (nSPS) is 19.5. The number of ether oxygens (including phenoxy) is 1. The Morgan fingerprint density at radius 2 is 2.55 bits per heavy atom. The summed E-state index contributed by atoms with van der Waals surface area (Å²) in [5.74, 6) is 0.557. The number of amides is 1. The zero-order valence-corrected chi connectivity index (χ0v) is 11.9. The highest BCUT2D eigenvalue weighted by Gasteiger charge is 2.32. The molecule has 0 aliphatic carbocycles. The Morgan fingerprint density at radius 3 is 3.30 bits per heavy atom. The third-order valence-electron chi connectivity index (χ3n) is 3.44. The number of hydrogen-bond donors (Lipinski definition) is 2. The van der Waals surface area contributed by atoms with Crippen molar-refractivity contribution in [3.8, 4) is 0 Å². The van der Waals surface area contributed by atoms with Gasteiger partial charge in [0.25, 0.3) is 0 Å². The van der Waals surface area contributed by atoms with Gasteiger partial charge in [-0.2, -0.15) is 0 Å². The Kier molecular flexibility index (Phi) is 3.60. The first-order chi connectivity index (χ1) is 9.76. The molecule has 1 amide bonds. The summed E-state index contributed by atoms with van der Waals surface area (Å²) in [5, 5.41) is 14.2. The maximum Gasteiger partial charge on any atom is 0.244 e. The number of carbonyl (C=O) groups is 1. The van der Waals surface area contributed by atoms with E-state index in [1.807, 2.05) is 20.9 Å². The van der Waals surface area contributed by atoms with E-state index < -0.39 is 6.04 Å². The van der Waals surface area contributed by atoms with Crippen molar-refractivity contribution in [2.24, 2.45) is 0 Å². The summed E-state index contributed by atoms with van der Waals surface area (Å²) in [6.45, 7) is 1.33. The Hall–Kier alpha value is -1.64. The number of morpholine rings is 1. The fourth-order valence-electron chi connectivity index (χ4n) is 2.44. The van der Waals surface area contributed by atoms with Crippen LogP contribution in [0.25, 0.3) is 4.96 Å². The number of thiazole rings is 1. The number of nitrogens with zero attached hydrogens (tertiary/aromatic N) is 3. The number of imidazole rings is 1. The Balaban J connectivity index is 2.02. The molecule has 1 aliphatic heterocycles. The van der Waals surface area contributed by atoms with Crippen molar-refractivity contribution >= 4 is 28.0 Å². The van der Waals surface area contributed by atoms with Crippen LogP contribution in [0.2, 0.25) is 0 Å². The molecule has 1 atom stereocenters. The number of aliphatic hydroxyl groups excluding tert-OH is 1. The lowest BCUT2D eigenvalue weighted by atomic mass is 10.2. The highest BCUT2D eigenvalue weighted by atomic mass is 32.1. The van der Waals surface area contributed by atoms with E-state index >= 15 is 0 Å². The van der Waals surface area contributed by atoms with Gasteiger partial charge in [0.2, 0.25) is 5.91 Å². The van der Waals surface area contributed by atoms with E-state index in [-0.39, 0.29) is 12.5 Å². The molecule has 1 fully saturated rings. The average Bonchev–Trinajstić information content (AvgIpc) is 3.06. The van der Waals surface area contributed by atoms with Crippen LogP contribution in [0, 0.1) is 0 Å². The summed E-state index contributed by atoms with van der Waals surface area (Å²) in [7, 11) is 1.60. The van der Waals surface area contributed by atoms with Gasteiger partial charge in [-0.1, -0.05) is 0 Å². The highest BCUT2D eigenvalue weighted by Crippen LogP contribution is 2.27. The maximum absolute atomic E-state index is 12.0. The van der Waals surface area contributed by atoms with Crippen molar-refractivity contribution in [3.05, 3.63) is 17.3 Å². The molecular weight excluding hydrogens is 280 g/mol. The summed E-state index contributed by atoms with van der Waals surface area (Å²) in [6.07, 6.45) is 1.87. The molecule has 2 aromatic heterocycles. The number of aliphatic hydroxyl groups is 1. The SMILES string of the molecule is CNC(=O)C1COCCN1c1nc2sccn2c1CO. The molecule has 2 aromatic rings. The first-order valence-electron chi connectivity index (χ1n) is 6.37. The molecule has 2 N–H and O–H groups in total. The number of likely N-dealkylation sites (N-methyl/N-ethyl adjacent to an activating group) is 1. The lowest BCUT2D eigenvalue weighted by Gasteiger charge is -2.35. The van der Waals surface area contributed by atoms with Crippen molar-refractivity contribution in [1.29, 1.82) is 0 Å². The van der Waals surface area contributed by atoms with E-state index in [1.165, 1.54) is 11.3 Å². The minimum Gasteiger partial charge on any atom is -0.390 e. The second-order valence-electron chi connectivity index (χ2n) is 4.49. The monoisotopic (exact) mass is 296 g/mol. The second-order valence-corrected chi connectivity index (χ2v) is 5.37. The Bertz CT molecular complexity index is 623. The first-order valence-corrected chi connectivity index (χ1v) is 7.25. The van der Waals surface area contributed by atoms with Crippen LogP contribution in [-0.2, 0) is 16.1 Å². The highest BCUT2D eigenvalue weighted by molar-refractivity contribution is 7.15. The third-order valence-corrected chi connectivity index (χ3v) is 4.20. The molecule has 3 heterocycles. The quantitative estimate of drug-likeness (QED) is 0.823. The minimum absolute atomic E-state index is 0.107. The van der Waals surface area contributed by atoms with Crippen LogP contribution >= 0.6 is 11.3 Å². The van der Waals surface area contributed by atoms with E-state index in [4.69, 9.17) is 4.74 Å². The van der Waals surface area contributed by atoms with Crippen molar-refractivity contribution in [3.63, 3.8) is 0 Å². The van der Waals surface area contributed by atoms with Crippen LogP contribution in [0.4, 0.5) is 5.82 Å². The van der Waals surface area contributed by atoms with Crippen molar-refractivity contribution in [2.75, 3.05) is 31.7 Å².